The summed E-state index contributed by atoms with van der Waals surface area (Å²) in [5.41, 5.74) is 1.87. The van der Waals surface area contributed by atoms with E-state index in [1.165, 1.54) is 0 Å². The third-order valence-corrected chi connectivity index (χ3v) is 12.2. The minimum atomic E-state index is -0.976. The Bertz CT molecular complexity index is 2100. The van der Waals surface area contributed by atoms with Gasteiger partial charge < -0.3 is 19.9 Å². The number of piperazine rings is 1. The first-order valence-electron chi connectivity index (χ1n) is 19.7. The summed E-state index contributed by atoms with van der Waals surface area (Å²) in [6.45, 7) is 6.11. The van der Waals surface area contributed by atoms with Crippen molar-refractivity contribution in [2.24, 2.45) is 11.8 Å². The van der Waals surface area contributed by atoms with Crippen LogP contribution in [0.2, 0.25) is 5.02 Å². The molecule has 3 aromatic rings. The quantitative estimate of drug-likeness (QED) is 0.298. The highest BCUT2D eigenvalue weighted by Gasteiger charge is 2.45. The van der Waals surface area contributed by atoms with E-state index in [0.29, 0.717) is 46.5 Å². The number of fused-ring (bicyclic) bond motifs is 1. The van der Waals surface area contributed by atoms with Gasteiger partial charge in [0.2, 0.25) is 17.7 Å². The number of hydrogen-bond acceptors (Lipinski definition) is 12. The van der Waals surface area contributed by atoms with Crippen LogP contribution in [0.1, 0.15) is 77.6 Å². The number of carbonyl (C=O) groups excluding carboxylic acids is 5. The number of nitriles is 1. The smallest absolute Gasteiger partial charge is 0.262 e. The third kappa shape index (κ3) is 8.29. The van der Waals surface area contributed by atoms with Gasteiger partial charge in [-0.05, 0) is 93.3 Å². The molecule has 8 rings (SSSR count). The zero-order chi connectivity index (χ0) is 39.6. The first kappa shape index (κ1) is 38.3. The lowest BCUT2D eigenvalue weighted by Crippen LogP contribution is -2.54. The summed E-state index contributed by atoms with van der Waals surface area (Å²) in [5.74, 6) is 0.247. The number of carbonyl (C=O) groups is 5. The molecule has 1 aliphatic carbocycles. The minimum Gasteiger partial charge on any atom is -0.490 e. The van der Waals surface area contributed by atoms with Crippen molar-refractivity contribution in [1.82, 2.24) is 25.3 Å². The Morgan fingerprint density at radius 2 is 1.60 bits per heavy atom. The van der Waals surface area contributed by atoms with Crippen molar-refractivity contribution in [3.05, 3.63) is 70.2 Å². The molecule has 0 bridgehead atoms. The average molecular weight is 794 g/mol. The van der Waals surface area contributed by atoms with E-state index in [2.05, 4.69) is 35.5 Å². The van der Waals surface area contributed by atoms with Crippen LogP contribution in [0, 0.1) is 23.2 Å². The molecule has 0 radical (unpaired) electrons. The van der Waals surface area contributed by atoms with Gasteiger partial charge in [0.15, 0.2) is 11.6 Å². The van der Waals surface area contributed by atoms with Gasteiger partial charge in [-0.2, -0.15) is 5.26 Å². The van der Waals surface area contributed by atoms with Crippen molar-refractivity contribution in [3.63, 3.8) is 0 Å². The molecule has 4 aliphatic heterocycles. The molecule has 5 aliphatic rings. The zero-order valence-electron chi connectivity index (χ0n) is 31.5. The summed E-state index contributed by atoms with van der Waals surface area (Å²) in [6, 6.07) is 15.2. The summed E-state index contributed by atoms with van der Waals surface area (Å²) in [4.78, 5) is 71.4. The number of hydrogen-bond donors (Lipinski definition) is 2. The predicted octanol–water partition coefficient (Wildman–Crippen LogP) is 4.02. The van der Waals surface area contributed by atoms with Gasteiger partial charge in [0, 0.05) is 69.9 Å². The number of piperidine rings is 2. The number of imide groups is 2. The molecule has 15 nitrogen and oxygen atoms in total. The lowest BCUT2D eigenvalue weighted by Gasteiger charge is -2.39. The second-order valence-electron chi connectivity index (χ2n) is 15.5. The molecule has 1 atom stereocenters. The molecule has 1 aromatic heterocycles. The molecule has 0 spiro atoms. The van der Waals surface area contributed by atoms with E-state index in [1.54, 1.807) is 30.3 Å². The van der Waals surface area contributed by atoms with Gasteiger partial charge in [-0.25, -0.2) is 0 Å². The molecule has 16 heteroatoms. The second-order valence-corrected chi connectivity index (χ2v) is 15.9. The van der Waals surface area contributed by atoms with E-state index in [0.717, 1.165) is 87.9 Å². The fraction of sp³-hybridized carbons (Fsp3) is 0.463. The highest BCUT2D eigenvalue weighted by molar-refractivity contribution is 6.31. The van der Waals surface area contributed by atoms with Crippen molar-refractivity contribution in [2.45, 2.75) is 63.5 Å². The largest absolute Gasteiger partial charge is 0.490 e. The lowest BCUT2D eigenvalue weighted by molar-refractivity contribution is -0.136. The van der Waals surface area contributed by atoms with Gasteiger partial charge >= 0.3 is 0 Å². The summed E-state index contributed by atoms with van der Waals surface area (Å²) >= 11 is 6.14. The minimum absolute atomic E-state index is 0.0133. The van der Waals surface area contributed by atoms with Crippen LogP contribution in [0.15, 0.2) is 48.5 Å². The summed E-state index contributed by atoms with van der Waals surface area (Å²) in [5, 5.41) is 23.4. The van der Waals surface area contributed by atoms with Gasteiger partial charge in [-0.15, -0.1) is 10.2 Å². The number of rotatable bonds is 9. The summed E-state index contributed by atoms with van der Waals surface area (Å²) in [7, 11) is 0. The normalized spacial score (nSPS) is 23.2. The third-order valence-electron chi connectivity index (χ3n) is 11.9. The highest BCUT2D eigenvalue weighted by atomic mass is 35.5. The highest BCUT2D eigenvalue weighted by Crippen LogP contribution is 2.33. The maximum Gasteiger partial charge on any atom is 0.262 e. The van der Waals surface area contributed by atoms with E-state index in [4.69, 9.17) is 21.6 Å². The Kier molecular flexibility index (Phi) is 11.1. The van der Waals surface area contributed by atoms with Gasteiger partial charge in [-0.1, -0.05) is 11.6 Å². The lowest BCUT2D eigenvalue weighted by atomic mass is 9.86. The van der Waals surface area contributed by atoms with E-state index in [-0.39, 0.29) is 36.3 Å². The topological polar surface area (TPSA) is 181 Å². The van der Waals surface area contributed by atoms with Crippen molar-refractivity contribution in [2.75, 3.05) is 60.9 Å². The van der Waals surface area contributed by atoms with Crippen LogP contribution in [0.4, 0.5) is 17.3 Å². The average Bonchev–Trinajstić information content (AvgIpc) is 3.47. The van der Waals surface area contributed by atoms with Crippen LogP contribution in [-0.4, -0.2) is 107 Å². The van der Waals surface area contributed by atoms with Crippen LogP contribution < -0.4 is 25.2 Å². The molecule has 1 saturated carbocycles. The van der Waals surface area contributed by atoms with Crippen LogP contribution in [0.3, 0.4) is 0 Å². The molecule has 57 heavy (non-hydrogen) atoms. The molecule has 296 valence electrons. The Morgan fingerprint density at radius 3 is 2.28 bits per heavy atom. The van der Waals surface area contributed by atoms with Crippen molar-refractivity contribution in [1.29, 1.82) is 5.26 Å². The van der Waals surface area contributed by atoms with Crippen molar-refractivity contribution >= 4 is 58.5 Å². The molecule has 1 unspecified atom stereocenters. The number of nitrogens with one attached hydrogen (secondary N) is 2. The van der Waals surface area contributed by atoms with E-state index >= 15 is 0 Å². The molecule has 5 heterocycles. The number of nitrogens with zero attached hydrogens (tertiary/aromatic N) is 7. The number of aromatic nitrogens is 2. The molecular formula is C41H44ClN9O6. The van der Waals surface area contributed by atoms with Crippen LogP contribution >= 0.6 is 11.6 Å². The number of anilines is 3. The SMILES string of the molecule is N#Cc1ccc(O[C@H]2CC[C@@H](C(=O)Nc3ccc(N4CCC(CN5CCN(c6ccc7c(c6)C(=O)N(C6CCC(=O)NC6=O)C7=O)CC5)CC4)nn3)CC2)cc1Cl. The molecule has 2 N–H and O–H groups in total. The van der Waals surface area contributed by atoms with E-state index in [9.17, 15) is 24.0 Å². The molecule has 2 aromatic carbocycles. The second kappa shape index (κ2) is 16.5. The Hall–Kier alpha value is -5.59. The standard InChI is InChI=1S/C41H44ClN9O6/c42-33-22-30(7-3-27(33)23-43)57-29-5-1-26(2-6-29)38(53)44-35-10-11-36(47-46-35)50-15-13-25(14-16-50)24-48-17-19-49(20-18-48)28-4-8-31-32(21-28)41(56)51(40(31)55)34-9-12-37(52)45-39(34)54/h3-4,7-8,10-11,21-22,25-26,29,34H,1-2,5-6,9,12-20,24H2,(H,44,46,53)(H,45,52,54)/t26-,29+,34?. The number of ether oxygens (including phenoxy) is 1. The van der Waals surface area contributed by atoms with Gasteiger partial charge in [0.05, 0.1) is 27.8 Å². The van der Waals surface area contributed by atoms with Crippen molar-refractivity contribution in [3.8, 4) is 11.8 Å². The Morgan fingerprint density at radius 1 is 0.842 bits per heavy atom. The molecule has 4 fully saturated rings. The first-order valence-corrected chi connectivity index (χ1v) is 20.1. The van der Waals surface area contributed by atoms with Crippen LogP contribution in [-0.2, 0) is 14.4 Å². The van der Waals surface area contributed by atoms with E-state index in [1.807, 2.05) is 24.3 Å². The molecular weight excluding hydrogens is 750 g/mol. The number of amides is 5. The summed E-state index contributed by atoms with van der Waals surface area (Å²) < 4.78 is 6.06. The van der Waals surface area contributed by atoms with Gasteiger partial charge in [0.25, 0.3) is 11.8 Å². The van der Waals surface area contributed by atoms with Crippen molar-refractivity contribution < 1.29 is 28.7 Å². The van der Waals surface area contributed by atoms with Crippen LogP contribution in [0.25, 0.3) is 0 Å². The number of benzene rings is 2. The summed E-state index contributed by atoms with van der Waals surface area (Å²) in [6.07, 6.45) is 5.16. The Labute approximate surface area is 335 Å². The number of halogens is 1. The monoisotopic (exact) mass is 793 g/mol. The maximum atomic E-state index is 13.3. The van der Waals surface area contributed by atoms with Crippen LogP contribution in [0.5, 0.6) is 5.75 Å². The molecule has 3 saturated heterocycles. The van der Waals surface area contributed by atoms with E-state index < -0.39 is 29.7 Å². The maximum absolute atomic E-state index is 13.3. The zero-order valence-corrected chi connectivity index (χ0v) is 32.2. The Balaban J connectivity index is 0.751. The first-order chi connectivity index (χ1) is 27.6. The van der Waals surface area contributed by atoms with Gasteiger partial charge in [-0.3, -0.25) is 39.1 Å². The predicted molar refractivity (Wildman–Crippen MR) is 210 cm³/mol. The fourth-order valence-corrected chi connectivity index (χ4v) is 8.85. The molecule has 5 amide bonds. The fourth-order valence-electron chi connectivity index (χ4n) is 8.64. The van der Waals surface area contributed by atoms with Gasteiger partial charge in [0.1, 0.15) is 17.9 Å².